The van der Waals surface area contributed by atoms with Crippen LogP contribution in [-0.2, 0) is 17.9 Å². The summed E-state index contributed by atoms with van der Waals surface area (Å²) in [6.45, 7) is 10.3. The van der Waals surface area contributed by atoms with Gasteiger partial charge >= 0.3 is 0 Å². The summed E-state index contributed by atoms with van der Waals surface area (Å²) in [7, 11) is 3.64. The molecule has 7 nitrogen and oxygen atoms in total. The van der Waals surface area contributed by atoms with E-state index in [9.17, 15) is 9.59 Å². The number of aryl methyl sites for hydroxylation is 1. The number of carbonyl (C=O) groups excluding carboxylic acids is 2. The van der Waals surface area contributed by atoms with E-state index >= 15 is 0 Å². The minimum Gasteiger partial charge on any atom is -0.357 e. The van der Waals surface area contributed by atoms with Gasteiger partial charge in [0.15, 0.2) is 5.69 Å². The smallest absolute Gasteiger partial charge is 0.272 e. The zero-order chi connectivity index (χ0) is 21.3. The van der Waals surface area contributed by atoms with Crippen molar-refractivity contribution in [3.8, 4) is 11.4 Å². The van der Waals surface area contributed by atoms with Crippen molar-refractivity contribution in [1.29, 1.82) is 0 Å². The molecule has 0 aromatic carbocycles. The second-order valence-electron chi connectivity index (χ2n) is 8.83. The molecule has 8 heteroatoms. The Hall–Kier alpha value is -2.19. The second kappa shape index (κ2) is 8.28. The Morgan fingerprint density at radius 1 is 1.24 bits per heavy atom. The summed E-state index contributed by atoms with van der Waals surface area (Å²) in [5.74, 6) is 0.334. The van der Waals surface area contributed by atoms with Crippen LogP contribution < -0.4 is 10.6 Å². The van der Waals surface area contributed by atoms with E-state index in [1.54, 1.807) is 18.4 Å². The molecule has 0 fully saturated rings. The van der Waals surface area contributed by atoms with Gasteiger partial charge in [0.2, 0.25) is 5.91 Å². The van der Waals surface area contributed by atoms with Crippen molar-refractivity contribution < 1.29 is 9.59 Å². The SMILES string of the molecule is CNC(=O)C(NC(=O)c1nc(-c2cscc2C)n2c1CN(C)CCC2)C(C)(C)C. The van der Waals surface area contributed by atoms with E-state index in [0.717, 1.165) is 42.2 Å². The summed E-state index contributed by atoms with van der Waals surface area (Å²) >= 11 is 1.64. The fourth-order valence-electron chi connectivity index (χ4n) is 3.72. The lowest BCUT2D eigenvalue weighted by Gasteiger charge is -2.29. The molecule has 0 radical (unpaired) electrons. The molecule has 2 aromatic rings. The van der Waals surface area contributed by atoms with Crippen LogP contribution in [0, 0.1) is 12.3 Å². The van der Waals surface area contributed by atoms with Crippen LogP contribution in [0.25, 0.3) is 11.4 Å². The first-order chi connectivity index (χ1) is 13.6. The van der Waals surface area contributed by atoms with E-state index in [0.29, 0.717) is 12.2 Å². The number of fused-ring (bicyclic) bond motifs is 1. The number of nitrogens with one attached hydrogen (secondary N) is 2. The van der Waals surface area contributed by atoms with Gasteiger partial charge < -0.3 is 20.1 Å². The van der Waals surface area contributed by atoms with Crippen LogP contribution in [-0.4, -0.2) is 52.9 Å². The average molecular weight is 418 g/mol. The van der Waals surface area contributed by atoms with Gasteiger partial charge in [0, 0.05) is 31.1 Å². The number of amides is 2. The molecule has 2 N–H and O–H groups in total. The first kappa shape index (κ1) is 21.5. The maximum atomic E-state index is 13.3. The van der Waals surface area contributed by atoms with E-state index in [-0.39, 0.29) is 11.8 Å². The molecule has 0 spiro atoms. The Morgan fingerprint density at radius 2 is 1.97 bits per heavy atom. The topological polar surface area (TPSA) is 79.3 Å². The summed E-state index contributed by atoms with van der Waals surface area (Å²) in [5.41, 5.74) is 3.13. The number of likely N-dealkylation sites (N-methyl/N-ethyl adjacent to an activating group) is 1. The summed E-state index contributed by atoms with van der Waals surface area (Å²) < 4.78 is 2.18. The monoisotopic (exact) mass is 417 g/mol. The molecular formula is C21H31N5O2S. The molecule has 158 valence electrons. The molecular weight excluding hydrogens is 386 g/mol. The summed E-state index contributed by atoms with van der Waals surface area (Å²) in [6, 6.07) is -0.646. The lowest BCUT2D eigenvalue weighted by molar-refractivity contribution is -0.124. The summed E-state index contributed by atoms with van der Waals surface area (Å²) in [6.07, 6.45) is 1.000. The molecule has 2 amide bonds. The van der Waals surface area contributed by atoms with Crippen LogP contribution in [0.2, 0.25) is 0 Å². The van der Waals surface area contributed by atoms with E-state index < -0.39 is 11.5 Å². The van der Waals surface area contributed by atoms with Crippen molar-refractivity contribution in [2.24, 2.45) is 5.41 Å². The van der Waals surface area contributed by atoms with Crippen LogP contribution in [0.15, 0.2) is 10.8 Å². The van der Waals surface area contributed by atoms with E-state index in [1.165, 1.54) is 0 Å². The molecule has 0 bridgehead atoms. The van der Waals surface area contributed by atoms with Crippen LogP contribution in [0.3, 0.4) is 0 Å². The summed E-state index contributed by atoms with van der Waals surface area (Å²) in [4.78, 5) is 32.7. The molecule has 1 aliphatic rings. The van der Waals surface area contributed by atoms with E-state index in [2.05, 4.69) is 44.8 Å². The largest absolute Gasteiger partial charge is 0.357 e. The van der Waals surface area contributed by atoms with Gasteiger partial charge in [0.25, 0.3) is 5.91 Å². The number of aromatic nitrogens is 2. The van der Waals surface area contributed by atoms with Crippen molar-refractivity contribution in [2.45, 2.75) is 53.2 Å². The highest BCUT2D eigenvalue weighted by Crippen LogP contribution is 2.30. The Morgan fingerprint density at radius 3 is 2.55 bits per heavy atom. The standard InChI is InChI=1S/C21H31N5O2S/c1-13-11-29-12-14(13)18-23-16(15-10-25(6)8-7-9-26(15)18)19(27)24-17(20(28)22-5)21(2,3)4/h11-12,17H,7-10H2,1-6H3,(H,22,28)(H,24,27). The fourth-order valence-corrected chi connectivity index (χ4v) is 4.54. The van der Waals surface area contributed by atoms with Crippen LogP contribution in [0.5, 0.6) is 0 Å². The number of hydrogen-bond acceptors (Lipinski definition) is 5. The first-order valence-corrected chi connectivity index (χ1v) is 10.9. The molecule has 29 heavy (non-hydrogen) atoms. The lowest BCUT2D eigenvalue weighted by atomic mass is 9.86. The van der Waals surface area contributed by atoms with Gasteiger partial charge in [-0.15, -0.1) is 0 Å². The van der Waals surface area contributed by atoms with Gasteiger partial charge in [0.1, 0.15) is 11.9 Å². The molecule has 1 unspecified atom stereocenters. The number of thiophene rings is 1. The summed E-state index contributed by atoms with van der Waals surface area (Å²) in [5, 5.41) is 9.78. The van der Waals surface area contributed by atoms with Crippen LogP contribution >= 0.6 is 11.3 Å². The minimum absolute atomic E-state index is 0.206. The Labute approximate surface area is 176 Å². The molecule has 0 saturated heterocycles. The number of nitrogens with zero attached hydrogens (tertiary/aromatic N) is 3. The quantitative estimate of drug-likeness (QED) is 0.802. The maximum absolute atomic E-state index is 13.3. The third-order valence-electron chi connectivity index (χ3n) is 5.38. The van der Waals surface area contributed by atoms with Gasteiger partial charge in [-0.3, -0.25) is 9.59 Å². The van der Waals surface area contributed by atoms with E-state index in [4.69, 9.17) is 4.98 Å². The van der Waals surface area contributed by atoms with Gasteiger partial charge in [-0.2, -0.15) is 11.3 Å². The van der Waals surface area contributed by atoms with Crippen molar-refractivity contribution in [3.05, 3.63) is 27.7 Å². The third-order valence-corrected chi connectivity index (χ3v) is 6.24. The predicted molar refractivity (Wildman–Crippen MR) is 116 cm³/mol. The van der Waals surface area contributed by atoms with Gasteiger partial charge in [-0.05, 0) is 43.3 Å². The van der Waals surface area contributed by atoms with Gasteiger partial charge in [-0.1, -0.05) is 20.8 Å². The Bertz CT molecular complexity index is 909. The average Bonchev–Trinajstić information content (AvgIpc) is 3.16. The molecule has 2 aromatic heterocycles. The van der Waals surface area contributed by atoms with Gasteiger partial charge in [-0.25, -0.2) is 4.98 Å². The van der Waals surface area contributed by atoms with Crippen molar-refractivity contribution in [2.75, 3.05) is 20.6 Å². The zero-order valence-corrected chi connectivity index (χ0v) is 18.9. The molecule has 0 saturated carbocycles. The molecule has 1 aliphatic heterocycles. The van der Waals surface area contributed by atoms with Crippen LogP contribution in [0.4, 0.5) is 0 Å². The van der Waals surface area contributed by atoms with Crippen LogP contribution in [0.1, 0.15) is 48.9 Å². The minimum atomic E-state index is -0.646. The lowest BCUT2D eigenvalue weighted by Crippen LogP contribution is -2.53. The molecule has 3 rings (SSSR count). The molecule has 1 atom stereocenters. The number of imidazole rings is 1. The second-order valence-corrected chi connectivity index (χ2v) is 9.57. The third kappa shape index (κ3) is 4.38. The normalized spacial score (nSPS) is 16.1. The first-order valence-electron chi connectivity index (χ1n) is 9.97. The Balaban J connectivity index is 2.04. The molecule has 0 aliphatic carbocycles. The highest BCUT2D eigenvalue weighted by Gasteiger charge is 2.34. The number of rotatable bonds is 4. The van der Waals surface area contributed by atoms with Crippen molar-refractivity contribution in [1.82, 2.24) is 25.1 Å². The van der Waals surface area contributed by atoms with E-state index in [1.807, 2.05) is 20.8 Å². The zero-order valence-electron chi connectivity index (χ0n) is 18.1. The highest BCUT2D eigenvalue weighted by molar-refractivity contribution is 7.08. The van der Waals surface area contributed by atoms with Gasteiger partial charge in [0.05, 0.1) is 5.69 Å². The predicted octanol–water partition coefficient (Wildman–Crippen LogP) is 2.65. The maximum Gasteiger partial charge on any atom is 0.272 e. The fraction of sp³-hybridized carbons (Fsp3) is 0.571. The number of hydrogen-bond donors (Lipinski definition) is 2. The van der Waals surface area contributed by atoms with Crippen molar-refractivity contribution in [3.63, 3.8) is 0 Å². The highest BCUT2D eigenvalue weighted by atomic mass is 32.1. The molecule has 3 heterocycles. The number of carbonyl (C=O) groups is 2. The van der Waals surface area contributed by atoms with Crippen molar-refractivity contribution >= 4 is 23.2 Å². The Kier molecular flexibility index (Phi) is 6.14.